The molecule has 6 heteroatoms. The summed E-state index contributed by atoms with van der Waals surface area (Å²) in [5.41, 5.74) is 0.653. The second-order valence-electron chi connectivity index (χ2n) is 4.21. The highest BCUT2D eigenvalue weighted by molar-refractivity contribution is 5.38. The molecule has 5 nitrogen and oxygen atoms in total. The number of likely N-dealkylation sites (N-methyl/N-ethyl adjacent to an activating group) is 1. The van der Waals surface area contributed by atoms with E-state index in [0.717, 1.165) is 19.0 Å². The number of pyridine rings is 1. The predicted octanol–water partition coefficient (Wildman–Crippen LogP) is 0.871. The largest absolute Gasteiger partial charge is 0.378 e. The Balaban J connectivity index is 2.07. The van der Waals surface area contributed by atoms with Gasteiger partial charge in [0.25, 0.3) is 0 Å². The smallest absolute Gasteiger partial charge is 0.160 e. The predicted molar refractivity (Wildman–Crippen MR) is 59.1 cm³/mol. The fraction of sp³-hybridized carbons (Fsp3) is 0.455. The van der Waals surface area contributed by atoms with Crippen molar-refractivity contribution in [2.24, 2.45) is 0 Å². The van der Waals surface area contributed by atoms with Crippen LogP contribution in [0.4, 0.5) is 4.39 Å². The van der Waals surface area contributed by atoms with E-state index in [1.54, 1.807) is 10.5 Å². The Hall–Kier alpha value is -1.53. The fourth-order valence-corrected chi connectivity index (χ4v) is 2.07. The van der Waals surface area contributed by atoms with Crippen LogP contribution in [-0.4, -0.2) is 46.3 Å². The number of ether oxygens (including phenoxy) is 1. The van der Waals surface area contributed by atoms with E-state index in [9.17, 15) is 4.39 Å². The van der Waals surface area contributed by atoms with Crippen molar-refractivity contribution in [3.8, 4) is 0 Å². The lowest BCUT2D eigenvalue weighted by Crippen LogP contribution is -2.37. The normalized spacial score (nSPS) is 22.1. The van der Waals surface area contributed by atoms with Crippen molar-refractivity contribution < 1.29 is 9.13 Å². The second-order valence-corrected chi connectivity index (χ2v) is 4.21. The Morgan fingerprint density at radius 3 is 3.12 bits per heavy atom. The van der Waals surface area contributed by atoms with Gasteiger partial charge in [-0.15, -0.1) is 10.2 Å². The Bertz CT molecular complexity index is 541. The van der Waals surface area contributed by atoms with E-state index in [1.807, 2.05) is 7.05 Å². The van der Waals surface area contributed by atoms with Crippen molar-refractivity contribution in [3.63, 3.8) is 0 Å². The van der Waals surface area contributed by atoms with Gasteiger partial charge in [-0.05, 0) is 19.2 Å². The van der Waals surface area contributed by atoms with E-state index < -0.39 is 0 Å². The Kier molecular flexibility index (Phi) is 2.53. The van der Waals surface area contributed by atoms with Crippen LogP contribution in [-0.2, 0) is 4.74 Å². The molecule has 1 fully saturated rings. The standard InChI is InChI=1S/C11H13FN4O/c1-15-4-5-17-7-9(15)11-14-13-10-3-2-8(12)6-16(10)11/h2-3,6,9H,4-5,7H2,1H3/t9-/m1/s1. The molecule has 17 heavy (non-hydrogen) atoms. The molecule has 90 valence electrons. The third-order valence-corrected chi connectivity index (χ3v) is 3.09. The molecule has 0 N–H and O–H groups in total. The molecule has 3 rings (SSSR count). The lowest BCUT2D eigenvalue weighted by molar-refractivity contribution is 0.00145. The van der Waals surface area contributed by atoms with Gasteiger partial charge in [0.15, 0.2) is 11.5 Å². The molecule has 0 radical (unpaired) electrons. The summed E-state index contributed by atoms with van der Waals surface area (Å²) in [5.74, 6) is 0.430. The van der Waals surface area contributed by atoms with Crippen LogP contribution in [0.3, 0.4) is 0 Å². The second kappa shape index (κ2) is 4.05. The molecule has 0 amide bonds. The number of hydrogen-bond acceptors (Lipinski definition) is 4. The molecular formula is C11H13FN4O. The Morgan fingerprint density at radius 2 is 2.29 bits per heavy atom. The highest BCUT2D eigenvalue weighted by Gasteiger charge is 2.25. The minimum atomic E-state index is -0.294. The third-order valence-electron chi connectivity index (χ3n) is 3.09. The van der Waals surface area contributed by atoms with Gasteiger partial charge in [0.1, 0.15) is 5.82 Å². The van der Waals surface area contributed by atoms with Gasteiger partial charge < -0.3 is 4.74 Å². The van der Waals surface area contributed by atoms with Crippen LogP contribution in [0.5, 0.6) is 0 Å². The van der Waals surface area contributed by atoms with Gasteiger partial charge in [0.05, 0.1) is 19.3 Å². The van der Waals surface area contributed by atoms with Crippen LogP contribution >= 0.6 is 0 Å². The van der Waals surface area contributed by atoms with Crippen molar-refractivity contribution in [1.29, 1.82) is 0 Å². The third kappa shape index (κ3) is 1.79. The van der Waals surface area contributed by atoms with Gasteiger partial charge in [-0.2, -0.15) is 0 Å². The lowest BCUT2D eigenvalue weighted by atomic mass is 10.2. The van der Waals surface area contributed by atoms with Crippen molar-refractivity contribution in [2.75, 3.05) is 26.8 Å². The minimum Gasteiger partial charge on any atom is -0.378 e. The number of morpholine rings is 1. The Morgan fingerprint density at radius 1 is 1.41 bits per heavy atom. The van der Waals surface area contributed by atoms with Gasteiger partial charge in [0.2, 0.25) is 0 Å². The quantitative estimate of drug-likeness (QED) is 0.737. The maximum Gasteiger partial charge on any atom is 0.160 e. The molecular weight excluding hydrogens is 223 g/mol. The number of rotatable bonds is 1. The zero-order chi connectivity index (χ0) is 11.8. The molecule has 0 spiro atoms. The summed E-state index contributed by atoms with van der Waals surface area (Å²) in [4.78, 5) is 2.14. The molecule has 0 aromatic carbocycles. The van der Waals surface area contributed by atoms with Crippen LogP contribution in [0.1, 0.15) is 11.9 Å². The summed E-state index contributed by atoms with van der Waals surface area (Å²) in [6.07, 6.45) is 1.41. The average Bonchev–Trinajstić information content (AvgIpc) is 2.72. The van der Waals surface area contributed by atoms with E-state index in [4.69, 9.17) is 4.74 Å². The van der Waals surface area contributed by atoms with E-state index in [0.29, 0.717) is 12.3 Å². The number of nitrogens with zero attached hydrogens (tertiary/aromatic N) is 4. The van der Waals surface area contributed by atoms with E-state index in [-0.39, 0.29) is 11.9 Å². The van der Waals surface area contributed by atoms with Gasteiger partial charge in [-0.1, -0.05) is 0 Å². The molecule has 0 unspecified atom stereocenters. The number of hydrogen-bond donors (Lipinski definition) is 0. The van der Waals surface area contributed by atoms with Crippen molar-refractivity contribution in [1.82, 2.24) is 19.5 Å². The van der Waals surface area contributed by atoms with Crippen LogP contribution in [0.15, 0.2) is 18.3 Å². The topological polar surface area (TPSA) is 42.7 Å². The first kappa shape index (κ1) is 10.6. The van der Waals surface area contributed by atoms with Gasteiger partial charge in [-0.3, -0.25) is 9.30 Å². The summed E-state index contributed by atoms with van der Waals surface area (Å²) < 4.78 is 20.4. The van der Waals surface area contributed by atoms with E-state index in [1.165, 1.54) is 12.3 Å². The molecule has 0 bridgehead atoms. The summed E-state index contributed by atoms with van der Waals surface area (Å²) >= 11 is 0. The summed E-state index contributed by atoms with van der Waals surface area (Å²) in [7, 11) is 2.01. The zero-order valence-corrected chi connectivity index (χ0v) is 9.51. The first-order valence-electron chi connectivity index (χ1n) is 5.54. The van der Waals surface area contributed by atoms with Crippen molar-refractivity contribution >= 4 is 5.65 Å². The minimum absolute atomic E-state index is 0.0283. The van der Waals surface area contributed by atoms with Gasteiger partial charge >= 0.3 is 0 Å². The van der Waals surface area contributed by atoms with Crippen LogP contribution in [0.2, 0.25) is 0 Å². The molecule has 0 saturated carbocycles. The Labute approximate surface area is 97.8 Å². The van der Waals surface area contributed by atoms with E-state index in [2.05, 4.69) is 15.1 Å². The monoisotopic (exact) mass is 236 g/mol. The summed E-state index contributed by atoms with van der Waals surface area (Å²) in [5, 5.41) is 8.17. The van der Waals surface area contributed by atoms with Gasteiger partial charge in [0, 0.05) is 12.7 Å². The summed E-state index contributed by atoms with van der Waals surface area (Å²) in [6.45, 7) is 2.13. The lowest BCUT2D eigenvalue weighted by Gasteiger charge is -2.30. The zero-order valence-electron chi connectivity index (χ0n) is 9.51. The maximum atomic E-state index is 13.2. The highest BCUT2D eigenvalue weighted by Crippen LogP contribution is 2.21. The molecule has 1 aliphatic rings. The molecule has 0 aliphatic carbocycles. The van der Waals surface area contributed by atoms with Crippen molar-refractivity contribution in [3.05, 3.63) is 30.0 Å². The number of fused-ring (bicyclic) bond motifs is 1. The fourth-order valence-electron chi connectivity index (χ4n) is 2.07. The molecule has 1 atom stereocenters. The number of aromatic nitrogens is 3. The number of halogens is 1. The molecule has 2 aromatic rings. The summed E-state index contributed by atoms with van der Waals surface area (Å²) in [6, 6.07) is 3.03. The first-order chi connectivity index (χ1) is 8.25. The average molecular weight is 236 g/mol. The van der Waals surface area contributed by atoms with E-state index >= 15 is 0 Å². The molecule has 1 saturated heterocycles. The van der Waals surface area contributed by atoms with Crippen LogP contribution in [0, 0.1) is 5.82 Å². The van der Waals surface area contributed by atoms with Crippen LogP contribution in [0.25, 0.3) is 5.65 Å². The first-order valence-corrected chi connectivity index (χ1v) is 5.54. The van der Waals surface area contributed by atoms with Gasteiger partial charge in [-0.25, -0.2) is 4.39 Å². The molecule has 3 heterocycles. The molecule has 2 aromatic heterocycles. The highest BCUT2D eigenvalue weighted by atomic mass is 19.1. The SMILES string of the molecule is CN1CCOC[C@@H]1c1nnc2ccc(F)cn12. The maximum absolute atomic E-state index is 13.2. The molecule has 1 aliphatic heterocycles. The van der Waals surface area contributed by atoms with Crippen molar-refractivity contribution in [2.45, 2.75) is 6.04 Å². The van der Waals surface area contributed by atoms with Crippen LogP contribution < -0.4 is 0 Å².